The van der Waals surface area contributed by atoms with Gasteiger partial charge in [0.2, 0.25) is 5.91 Å². The van der Waals surface area contributed by atoms with E-state index in [1.807, 2.05) is 0 Å². The minimum absolute atomic E-state index is 0.0218. The van der Waals surface area contributed by atoms with Crippen LogP contribution in [0.15, 0.2) is 0 Å². The van der Waals surface area contributed by atoms with Crippen LogP contribution in [0.3, 0.4) is 0 Å². The SMILES string of the molecule is CCCCC(C(N)=O)S(=O)(=O)CCC(F)(F)F. The highest BCUT2D eigenvalue weighted by atomic mass is 32.2. The van der Waals surface area contributed by atoms with Gasteiger partial charge in [-0.05, 0) is 6.42 Å². The summed E-state index contributed by atoms with van der Waals surface area (Å²) in [5, 5.41) is -1.51. The fourth-order valence-corrected chi connectivity index (χ4v) is 2.97. The molecule has 0 aromatic heterocycles. The Morgan fingerprint density at radius 3 is 2.24 bits per heavy atom. The van der Waals surface area contributed by atoms with Crippen LogP contribution in [-0.4, -0.2) is 31.5 Å². The number of amides is 1. The number of primary amides is 1. The predicted octanol–water partition coefficient (Wildman–Crippen LogP) is 1.40. The van der Waals surface area contributed by atoms with Gasteiger partial charge < -0.3 is 5.73 Å². The summed E-state index contributed by atoms with van der Waals surface area (Å²) in [4.78, 5) is 10.9. The number of rotatable bonds is 7. The molecular weight excluding hydrogens is 259 g/mol. The summed E-state index contributed by atoms with van der Waals surface area (Å²) in [5.74, 6) is -2.17. The molecule has 0 rings (SSSR count). The normalized spacial score (nSPS) is 14.6. The van der Waals surface area contributed by atoms with E-state index in [2.05, 4.69) is 0 Å². The van der Waals surface area contributed by atoms with Gasteiger partial charge in [0.1, 0.15) is 5.25 Å². The van der Waals surface area contributed by atoms with Crippen LogP contribution in [0.4, 0.5) is 13.2 Å². The van der Waals surface area contributed by atoms with Crippen LogP contribution in [0.5, 0.6) is 0 Å². The van der Waals surface area contributed by atoms with E-state index in [9.17, 15) is 26.4 Å². The van der Waals surface area contributed by atoms with Crippen molar-refractivity contribution in [2.75, 3.05) is 5.75 Å². The molecule has 17 heavy (non-hydrogen) atoms. The molecule has 0 heterocycles. The first kappa shape index (κ1) is 16.2. The van der Waals surface area contributed by atoms with Crippen molar-refractivity contribution in [2.45, 2.75) is 44.0 Å². The standard InChI is InChI=1S/C9H16F3NO3S/c1-2-3-4-7(8(13)14)17(15,16)6-5-9(10,11)12/h7H,2-6H2,1H3,(H2,13,14). The summed E-state index contributed by atoms with van der Waals surface area (Å²) in [6.07, 6.45) is -4.96. The van der Waals surface area contributed by atoms with Crippen LogP contribution in [0, 0.1) is 0 Å². The summed E-state index contributed by atoms with van der Waals surface area (Å²) in [5.41, 5.74) is 4.90. The molecule has 0 radical (unpaired) electrons. The summed E-state index contributed by atoms with van der Waals surface area (Å²) in [6, 6.07) is 0. The van der Waals surface area contributed by atoms with Gasteiger partial charge in [-0.2, -0.15) is 13.2 Å². The predicted molar refractivity (Wildman–Crippen MR) is 57.0 cm³/mol. The lowest BCUT2D eigenvalue weighted by Gasteiger charge is -2.14. The lowest BCUT2D eigenvalue weighted by atomic mass is 10.2. The van der Waals surface area contributed by atoms with Crippen LogP contribution in [0.1, 0.15) is 32.6 Å². The number of hydrogen-bond acceptors (Lipinski definition) is 3. The second-order valence-electron chi connectivity index (χ2n) is 3.77. The third-order valence-electron chi connectivity index (χ3n) is 2.24. The van der Waals surface area contributed by atoms with Crippen LogP contribution in [0.25, 0.3) is 0 Å². The fraction of sp³-hybridized carbons (Fsp3) is 0.889. The van der Waals surface area contributed by atoms with Crippen LogP contribution in [-0.2, 0) is 14.6 Å². The lowest BCUT2D eigenvalue weighted by molar-refractivity contribution is -0.130. The molecule has 1 atom stereocenters. The third kappa shape index (κ3) is 6.50. The first-order valence-electron chi connectivity index (χ1n) is 5.18. The zero-order valence-electron chi connectivity index (χ0n) is 9.46. The summed E-state index contributed by atoms with van der Waals surface area (Å²) in [7, 11) is -4.12. The molecule has 2 N–H and O–H groups in total. The molecule has 0 aliphatic carbocycles. The molecule has 0 fully saturated rings. The maximum atomic E-state index is 11.9. The average molecular weight is 275 g/mol. The Balaban J connectivity index is 4.67. The van der Waals surface area contributed by atoms with Gasteiger partial charge in [-0.1, -0.05) is 19.8 Å². The van der Waals surface area contributed by atoms with Gasteiger partial charge in [0.05, 0.1) is 12.2 Å². The molecule has 0 spiro atoms. The second-order valence-corrected chi connectivity index (χ2v) is 6.07. The molecule has 102 valence electrons. The van der Waals surface area contributed by atoms with Crippen LogP contribution in [0.2, 0.25) is 0 Å². The number of nitrogens with two attached hydrogens (primary N) is 1. The molecule has 0 saturated carbocycles. The van der Waals surface area contributed by atoms with Gasteiger partial charge in [0, 0.05) is 0 Å². The highest BCUT2D eigenvalue weighted by molar-refractivity contribution is 7.92. The second kappa shape index (κ2) is 6.23. The number of unbranched alkanes of at least 4 members (excludes halogenated alkanes) is 1. The van der Waals surface area contributed by atoms with E-state index < -0.39 is 39.3 Å². The Bertz CT molecular complexity index is 351. The van der Waals surface area contributed by atoms with Crippen molar-refractivity contribution >= 4 is 15.7 Å². The minimum Gasteiger partial charge on any atom is -0.369 e. The molecule has 0 saturated heterocycles. The topological polar surface area (TPSA) is 77.2 Å². The van der Waals surface area contributed by atoms with E-state index in [1.165, 1.54) is 0 Å². The molecule has 4 nitrogen and oxygen atoms in total. The van der Waals surface area contributed by atoms with Crippen molar-refractivity contribution in [1.29, 1.82) is 0 Å². The Morgan fingerprint density at radius 1 is 1.35 bits per heavy atom. The summed E-state index contributed by atoms with van der Waals surface area (Å²) >= 11 is 0. The van der Waals surface area contributed by atoms with Crippen molar-refractivity contribution < 1.29 is 26.4 Å². The Hall–Kier alpha value is -0.790. The molecule has 8 heteroatoms. The number of carbonyl (C=O) groups excluding carboxylic acids is 1. The van der Waals surface area contributed by atoms with E-state index in [1.54, 1.807) is 6.92 Å². The van der Waals surface area contributed by atoms with Crippen molar-refractivity contribution in [3.05, 3.63) is 0 Å². The molecule has 0 aliphatic heterocycles. The quantitative estimate of drug-likeness (QED) is 0.763. The van der Waals surface area contributed by atoms with Crippen LogP contribution >= 0.6 is 0 Å². The number of carbonyl (C=O) groups is 1. The summed E-state index contributed by atoms with van der Waals surface area (Å²) < 4.78 is 58.8. The lowest BCUT2D eigenvalue weighted by Crippen LogP contribution is -2.38. The highest BCUT2D eigenvalue weighted by Gasteiger charge is 2.35. The number of sulfone groups is 1. The molecular formula is C9H16F3NO3S. The highest BCUT2D eigenvalue weighted by Crippen LogP contribution is 2.22. The number of alkyl halides is 3. The molecule has 0 bridgehead atoms. The van der Waals surface area contributed by atoms with Gasteiger partial charge in [0.15, 0.2) is 9.84 Å². The molecule has 0 aliphatic rings. The van der Waals surface area contributed by atoms with Gasteiger partial charge >= 0.3 is 6.18 Å². The monoisotopic (exact) mass is 275 g/mol. The molecule has 1 unspecified atom stereocenters. The molecule has 1 amide bonds. The van der Waals surface area contributed by atoms with E-state index >= 15 is 0 Å². The molecule has 0 aromatic rings. The van der Waals surface area contributed by atoms with E-state index in [4.69, 9.17) is 5.73 Å². The maximum absolute atomic E-state index is 11.9. The van der Waals surface area contributed by atoms with E-state index in [-0.39, 0.29) is 6.42 Å². The van der Waals surface area contributed by atoms with Gasteiger partial charge in [-0.25, -0.2) is 8.42 Å². The molecule has 0 aromatic carbocycles. The summed E-state index contributed by atoms with van der Waals surface area (Å²) in [6.45, 7) is 1.78. The van der Waals surface area contributed by atoms with Crippen molar-refractivity contribution in [3.8, 4) is 0 Å². The first-order chi connectivity index (χ1) is 7.60. The third-order valence-corrected chi connectivity index (χ3v) is 4.35. The van der Waals surface area contributed by atoms with E-state index in [0.29, 0.717) is 12.8 Å². The van der Waals surface area contributed by atoms with Gasteiger partial charge in [-0.3, -0.25) is 4.79 Å². The minimum atomic E-state index is -4.56. The Labute approximate surface area is 98.3 Å². The average Bonchev–Trinajstić information content (AvgIpc) is 2.14. The Kier molecular flexibility index (Phi) is 5.94. The van der Waals surface area contributed by atoms with Crippen molar-refractivity contribution in [1.82, 2.24) is 0 Å². The fourth-order valence-electron chi connectivity index (χ4n) is 1.29. The maximum Gasteiger partial charge on any atom is 0.390 e. The number of halogens is 3. The van der Waals surface area contributed by atoms with Gasteiger partial charge in [0.25, 0.3) is 0 Å². The smallest absolute Gasteiger partial charge is 0.369 e. The zero-order chi connectivity index (χ0) is 13.7. The first-order valence-corrected chi connectivity index (χ1v) is 6.89. The van der Waals surface area contributed by atoms with Crippen molar-refractivity contribution in [3.63, 3.8) is 0 Å². The van der Waals surface area contributed by atoms with Crippen molar-refractivity contribution in [2.24, 2.45) is 5.73 Å². The van der Waals surface area contributed by atoms with Gasteiger partial charge in [-0.15, -0.1) is 0 Å². The Morgan fingerprint density at radius 2 is 1.88 bits per heavy atom. The van der Waals surface area contributed by atoms with Crippen LogP contribution < -0.4 is 5.73 Å². The zero-order valence-corrected chi connectivity index (χ0v) is 10.3. The number of hydrogen-bond donors (Lipinski definition) is 1. The largest absolute Gasteiger partial charge is 0.390 e. The van der Waals surface area contributed by atoms with E-state index in [0.717, 1.165) is 0 Å².